The van der Waals surface area contributed by atoms with Crippen LogP contribution in [0, 0.1) is 0 Å². The van der Waals surface area contributed by atoms with Crippen molar-refractivity contribution in [2.24, 2.45) is 0 Å². The number of alkyl halides is 1. The summed E-state index contributed by atoms with van der Waals surface area (Å²) in [5.74, 6) is 0.589. The van der Waals surface area contributed by atoms with E-state index in [-0.39, 0.29) is 17.7 Å². The number of fused-ring (bicyclic) bond motifs is 1. The Morgan fingerprint density at radius 1 is 1.17 bits per heavy atom. The summed E-state index contributed by atoms with van der Waals surface area (Å²) < 4.78 is 19.9. The second-order valence-corrected chi connectivity index (χ2v) is 10.7. The number of ether oxygens (including phenoxy) is 1. The molecule has 2 aliphatic heterocycles. The van der Waals surface area contributed by atoms with Crippen molar-refractivity contribution in [2.45, 2.75) is 50.2 Å². The molecule has 2 aromatic rings. The van der Waals surface area contributed by atoms with Crippen molar-refractivity contribution < 1.29 is 13.9 Å². The Hall–Kier alpha value is -2.00. The van der Waals surface area contributed by atoms with Gasteiger partial charge in [0, 0.05) is 57.5 Å². The van der Waals surface area contributed by atoms with Gasteiger partial charge in [-0.3, -0.25) is 4.79 Å². The number of aromatic nitrogens is 2. The van der Waals surface area contributed by atoms with E-state index in [1.807, 2.05) is 17.9 Å². The number of carbonyl (C=O) groups excluding carboxylic acids is 1. The molecule has 3 aliphatic rings. The van der Waals surface area contributed by atoms with Crippen LogP contribution >= 0.6 is 23.2 Å². The fraction of sp³-hybridized carbons (Fsp3) is 0.577. The summed E-state index contributed by atoms with van der Waals surface area (Å²) in [5, 5.41) is 4.50. The van der Waals surface area contributed by atoms with Crippen molar-refractivity contribution >= 4 is 34.9 Å². The zero-order chi connectivity index (χ0) is 25.2. The lowest BCUT2D eigenvalue weighted by Gasteiger charge is -2.38. The molecule has 0 radical (unpaired) electrons. The standard InChI is InChI=1S/C26H32Cl2FN5O2/c1-16-12-22(29)24-23(16)25(32-15-31-24)33-6-8-34(9-7-33)26(35)19(14-30-18-4-10-36-11-5-18)17-2-3-20(27)21(28)13-17/h2-3,13,15-16,18-19,22,30H,4-12,14H2,1H3/t16-,19?,22-/m1/s1. The van der Waals surface area contributed by atoms with E-state index >= 15 is 0 Å². The van der Waals surface area contributed by atoms with Crippen molar-refractivity contribution in [1.29, 1.82) is 0 Å². The maximum atomic E-state index is 14.4. The van der Waals surface area contributed by atoms with E-state index in [0.717, 1.165) is 43.0 Å². The van der Waals surface area contributed by atoms with E-state index in [4.69, 9.17) is 27.9 Å². The van der Waals surface area contributed by atoms with Gasteiger partial charge < -0.3 is 19.9 Å². The molecule has 10 heteroatoms. The topological polar surface area (TPSA) is 70.6 Å². The first-order chi connectivity index (χ1) is 17.4. The highest BCUT2D eigenvalue weighted by Gasteiger charge is 2.36. The van der Waals surface area contributed by atoms with Crippen LogP contribution in [0.5, 0.6) is 0 Å². The molecule has 1 N–H and O–H groups in total. The molecule has 7 nitrogen and oxygen atoms in total. The number of hydrogen-bond donors (Lipinski definition) is 1. The van der Waals surface area contributed by atoms with Gasteiger partial charge >= 0.3 is 0 Å². The van der Waals surface area contributed by atoms with Crippen molar-refractivity contribution in [3.8, 4) is 0 Å². The fourth-order valence-electron chi connectivity index (χ4n) is 5.54. The number of rotatable bonds is 6. The summed E-state index contributed by atoms with van der Waals surface area (Å²) in [6, 6.07) is 5.76. The molecule has 5 rings (SSSR count). The lowest BCUT2D eigenvalue weighted by Crippen LogP contribution is -2.51. The first-order valence-electron chi connectivity index (χ1n) is 12.7. The van der Waals surface area contributed by atoms with Crippen LogP contribution in [0.2, 0.25) is 10.0 Å². The summed E-state index contributed by atoms with van der Waals surface area (Å²) >= 11 is 12.5. The molecule has 0 bridgehead atoms. The fourth-order valence-corrected chi connectivity index (χ4v) is 5.84. The van der Waals surface area contributed by atoms with Crippen LogP contribution in [0.1, 0.15) is 61.0 Å². The number of carbonyl (C=O) groups is 1. The third kappa shape index (κ3) is 5.32. The van der Waals surface area contributed by atoms with Crippen LogP contribution in [0.25, 0.3) is 0 Å². The minimum absolute atomic E-state index is 0.0673. The molecule has 3 heterocycles. The number of nitrogens with zero attached hydrogens (tertiary/aromatic N) is 4. The smallest absolute Gasteiger partial charge is 0.231 e. The Bertz CT molecular complexity index is 1090. The van der Waals surface area contributed by atoms with E-state index in [0.29, 0.717) is 60.9 Å². The molecule has 36 heavy (non-hydrogen) atoms. The van der Waals surface area contributed by atoms with Crippen molar-refractivity contribution in [3.05, 3.63) is 51.4 Å². The van der Waals surface area contributed by atoms with Gasteiger partial charge in [-0.25, -0.2) is 14.4 Å². The molecule has 1 aliphatic carbocycles. The minimum atomic E-state index is -1.03. The van der Waals surface area contributed by atoms with Gasteiger partial charge in [0.15, 0.2) is 0 Å². The molecule has 1 aromatic heterocycles. The molecule has 2 saturated heterocycles. The summed E-state index contributed by atoms with van der Waals surface area (Å²) in [7, 11) is 0. The van der Waals surface area contributed by atoms with Crippen LogP contribution in [0.4, 0.5) is 10.2 Å². The van der Waals surface area contributed by atoms with Gasteiger partial charge in [-0.1, -0.05) is 36.2 Å². The number of amides is 1. The predicted octanol–water partition coefficient (Wildman–Crippen LogP) is 4.50. The summed E-state index contributed by atoms with van der Waals surface area (Å²) in [5.41, 5.74) is 2.29. The van der Waals surface area contributed by atoms with E-state index in [2.05, 4.69) is 20.2 Å². The van der Waals surface area contributed by atoms with Crippen molar-refractivity contribution in [2.75, 3.05) is 50.8 Å². The normalized spacial score (nSPS) is 23.6. The van der Waals surface area contributed by atoms with Crippen LogP contribution in [0.15, 0.2) is 24.5 Å². The van der Waals surface area contributed by atoms with Gasteiger partial charge in [0.1, 0.15) is 18.3 Å². The van der Waals surface area contributed by atoms with Crippen molar-refractivity contribution in [3.63, 3.8) is 0 Å². The molecule has 1 aromatic carbocycles. The Labute approximate surface area is 221 Å². The number of halogens is 3. The van der Waals surface area contributed by atoms with E-state index in [1.54, 1.807) is 12.1 Å². The number of nitrogens with one attached hydrogen (secondary N) is 1. The van der Waals surface area contributed by atoms with E-state index < -0.39 is 6.17 Å². The molecule has 1 unspecified atom stereocenters. The Balaban J connectivity index is 1.29. The maximum Gasteiger partial charge on any atom is 0.231 e. The van der Waals surface area contributed by atoms with Crippen LogP contribution in [-0.4, -0.2) is 72.8 Å². The lowest BCUT2D eigenvalue weighted by molar-refractivity contribution is -0.133. The average molecular weight is 536 g/mol. The van der Waals surface area contributed by atoms with Gasteiger partial charge in [-0.2, -0.15) is 0 Å². The largest absolute Gasteiger partial charge is 0.381 e. The zero-order valence-electron chi connectivity index (χ0n) is 20.4. The highest BCUT2D eigenvalue weighted by molar-refractivity contribution is 6.42. The monoisotopic (exact) mass is 535 g/mol. The molecule has 0 saturated carbocycles. The molecule has 3 atom stereocenters. The van der Waals surface area contributed by atoms with Gasteiger partial charge in [0.05, 0.1) is 21.7 Å². The second-order valence-electron chi connectivity index (χ2n) is 9.93. The molecule has 2 fully saturated rings. The number of benzene rings is 1. The first kappa shape index (κ1) is 25.6. The van der Waals surface area contributed by atoms with Crippen LogP contribution in [0.3, 0.4) is 0 Å². The Morgan fingerprint density at radius 3 is 2.64 bits per heavy atom. The average Bonchev–Trinajstić information content (AvgIpc) is 3.20. The molecule has 1 amide bonds. The Morgan fingerprint density at radius 2 is 1.92 bits per heavy atom. The molecule has 194 valence electrons. The SMILES string of the molecule is C[C@@H]1C[C@@H](F)c2ncnc(N3CCN(C(=O)C(CNC4CCOCC4)c4ccc(Cl)c(Cl)c4)CC3)c21. The maximum absolute atomic E-state index is 14.4. The summed E-state index contributed by atoms with van der Waals surface area (Å²) in [6.07, 6.45) is 2.74. The van der Waals surface area contributed by atoms with E-state index in [9.17, 15) is 9.18 Å². The highest BCUT2D eigenvalue weighted by Crippen LogP contribution is 2.44. The molecular weight excluding hydrogens is 504 g/mol. The van der Waals surface area contributed by atoms with Crippen LogP contribution in [-0.2, 0) is 9.53 Å². The highest BCUT2D eigenvalue weighted by atomic mass is 35.5. The summed E-state index contributed by atoms with van der Waals surface area (Å²) in [6.45, 7) is 6.44. The van der Waals surface area contributed by atoms with Gasteiger partial charge in [-0.15, -0.1) is 0 Å². The van der Waals surface area contributed by atoms with Gasteiger partial charge in [0.25, 0.3) is 0 Å². The zero-order valence-corrected chi connectivity index (χ0v) is 21.9. The number of anilines is 1. The quantitative estimate of drug-likeness (QED) is 0.587. The predicted molar refractivity (Wildman–Crippen MR) is 139 cm³/mol. The van der Waals surface area contributed by atoms with Crippen LogP contribution < -0.4 is 10.2 Å². The third-order valence-corrected chi connectivity index (χ3v) is 8.35. The lowest BCUT2D eigenvalue weighted by atomic mass is 9.96. The summed E-state index contributed by atoms with van der Waals surface area (Å²) in [4.78, 5) is 26.6. The Kier molecular flexibility index (Phi) is 7.96. The van der Waals surface area contributed by atoms with Gasteiger partial charge in [0.2, 0.25) is 5.91 Å². The number of piperazine rings is 1. The second kappa shape index (κ2) is 11.2. The van der Waals surface area contributed by atoms with E-state index in [1.165, 1.54) is 6.33 Å². The molecule has 0 spiro atoms. The first-order valence-corrected chi connectivity index (χ1v) is 13.5. The van der Waals surface area contributed by atoms with Crippen molar-refractivity contribution in [1.82, 2.24) is 20.2 Å². The minimum Gasteiger partial charge on any atom is -0.381 e. The number of hydrogen-bond acceptors (Lipinski definition) is 6. The van der Waals surface area contributed by atoms with Gasteiger partial charge in [-0.05, 0) is 42.9 Å². The molecular formula is C26H32Cl2FN5O2. The third-order valence-electron chi connectivity index (χ3n) is 7.61.